The highest BCUT2D eigenvalue weighted by Crippen LogP contribution is 2.21. The molecule has 100 valence electrons. The van der Waals surface area contributed by atoms with Gasteiger partial charge in [0.2, 0.25) is 5.95 Å². The molecule has 0 radical (unpaired) electrons. The molecule has 0 saturated carbocycles. The number of aryl methyl sites for hydroxylation is 1. The maximum atomic E-state index is 4.67. The van der Waals surface area contributed by atoms with Crippen molar-refractivity contribution in [3.8, 4) is 0 Å². The third kappa shape index (κ3) is 3.51. The highest BCUT2D eigenvalue weighted by Gasteiger charge is 2.14. The fourth-order valence-corrected chi connectivity index (χ4v) is 2.92. The Kier molecular flexibility index (Phi) is 5.11. The van der Waals surface area contributed by atoms with Crippen LogP contribution in [0.15, 0.2) is 6.20 Å². The Balaban J connectivity index is 2.13. The van der Waals surface area contributed by atoms with E-state index in [9.17, 15) is 0 Å². The van der Waals surface area contributed by atoms with Gasteiger partial charge in [0.25, 0.3) is 0 Å². The molecule has 2 heterocycles. The van der Waals surface area contributed by atoms with Gasteiger partial charge in [0.1, 0.15) is 5.82 Å². The van der Waals surface area contributed by atoms with E-state index in [1.165, 1.54) is 23.5 Å². The highest BCUT2D eigenvalue weighted by molar-refractivity contribution is 7.99. The number of hydrogen-bond donors (Lipinski definition) is 1. The lowest BCUT2D eigenvalue weighted by Crippen LogP contribution is -2.27. The minimum absolute atomic E-state index is 0.759. The minimum atomic E-state index is 0.759. The van der Waals surface area contributed by atoms with Crippen molar-refractivity contribution in [2.75, 3.05) is 41.4 Å². The number of rotatable bonds is 4. The lowest BCUT2D eigenvalue weighted by Gasteiger charge is -2.23. The van der Waals surface area contributed by atoms with Crippen LogP contribution >= 0.6 is 11.8 Å². The second-order valence-electron chi connectivity index (χ2n) is 4.58. The van der Waals surface area contributed by atoms with Gasteiger partial charge in [-0.3, -0.25) is 0 Å². The maximum absolute atomic E-state index is 4.67. The molecule has 0 spiro atoms. The first kappa shape index (κ1) is 13.5. The van der Waals surface area contributed by atoms with Crippen LogP contribution in [0.5, 0.6) is 0 Å². The first-order valence-electron chi connectivity index (χ1n) is 6.71. The second kappa shape index (κ2) is 6.83. The van der Waals surface area contributed by atoms with Crippen molar-refractivity contribution in [2.24, 2.45) is 0 Å². The Morgan fingerprint density at radius 1 is 1.39 bits per heavy atom. The van der Waals surface area contributed by atoms with Crippen LogP contribution in [0.1, 0.15) is 25.3 Å². The highest BCUT2D eigenvalue weighted by atomic mass is 32.2. The molecule has 1 aromatic rings. The van der Waals surface area contributed by atoms with E-state index in [-0.39, 0.29) is 0 Å². The average molecular weight is 266 g/mol. The minimum Gasteiger partial charge on any atom is -0.355 e. The molecular weight excluding hydrogens is 244 g/mol. The second-order valence-corrected chi connectivity index (χ2v) is 5.80. The van der Waals surface area contributed by atoms with Crippen molar-refractivity contribution in [1.82, 2.24) is 9.97 Å². The summed E-state index contributed by atoms with van der Waals surface area (Å²) in [5, 5.41) is 3.26. The molecule has 1 aliphatic heterocycles. The third-order valence-electron chi connectivity index (χ3n) is 3.00. The smallest absolute Gasteiger partial charge is 0.224 e. The monoisotopic (exact) mass is 266 g/mol. The van der Waals surface area contributed by atoms with E-state index in [1.54, 1.807) is 0 Å². The number of hydrogen-bond acceptors (Lipinski definition) is 5. The van der Waals surface area contributed by atoms with Crippen molar-refractivity contribution in [2.45, 2.75) is 26.7 Å². The summed E-state index contributed by atoms with van der Waals surface area (Å²) in [5.41, 5.74) is 1.17. The summed E-state index contributed by atoms with van der Waals surface area (Å²) in [5.74, 6) is 4.32. The van der Waals surface area contributed by atoms with Crippen LogP contribution in [0.3, 0.4) is 0 Å². The third-order valence-corrected chi connectivity index (χ3v) is 4.05. The SMILES string of the molecule is CCCNc1ncc(C)c(N2CCCSCC2)n1. The maximum Gasteiger partial charge on any atom is 0.224 e. The van der Waals surface area contributed by atoms with E-state index >= 15 is 0 Å². The predicted molar refractivity (Wildman–Crippen MR) is 79.7 cm³/mol. The zero-order valence-electron chi connectivity index (χ0n) is 11.3. The fraction of sp³-hybridized carbons (Fsp3) is 0.692. The van der Waals surface area contributed by atoms with Crippen LogP contribution < -0.4 is 10.2 Å². The van der Waals surface area contributed by atoms with Gasteiger partial charge in [-0.25, -0.2) is 4.98 Å². The number of thioether (sulfide) groups is 1. The molecule has 1 fully saturated rings. The largest absolute Gasteiger partial charge is 0.355 e. The van der Waals surface area contributed by atoms with Gasteiger partial charge >= 0.3 is 0 Å². The quantitative estimate of drug-likeness (QED) is 0.907. The van der Waals surface area contributed by atoms with Gasteiger partial charge in [0, 0.05) is 37.1 Å². The van der Waals surface area contributed by atoms with E-state index in [1.807, 2.05) is 18.0 Å². The molecule has 0 unspecified atom stereocenters. The number of nitrogens with one attached hydrogen (secondary N) is 1. The molecule has 0 atom stereocenters. The van der Waals surface area contributed by atoms with Gasteiger partial charge in [0.15, 0.2) is 0 Å². The van der Waals surface area contributed by atoms with Crippen molar-refractivity contribution in [3.05, 3.63) is 11.8 Å². The normalized spacial score (nSPS) is 16.4. The van der Waals surface area contributed by atoms with Gasteiger partial charge in [-0.15, -0.1) is 0 Å². The lowest BCUT2D eigenvalue weighted by molar-refractivity contribution is 0.793. The van der Waals surface area contributed by atoms with Gasteiger partial charge in [0.05, 0.1) is 0 Å². The van der Waals surface area contributed by atoms with Gasteiger partial charge in [-0.05, 0) is 25.5 Å². The lowest BCUT2D eigenvalue weighted by atomic mass is 10.3. The molecule has 0 bridgehead atoms. The summed E-state index contributed by atoms with van der Waals surface area (Å²) in [7, 11) is 0. The number of nitrogens with zero attached hydrogens (tertiary/aromatic N) is 3. The molecule has 2 rings (SSSR count). The van der Waals surface area contributed by atoms with Gasteiger partial charge in [-0.2, -0.15) is 16.7 Å². The van der Waals surface area contributed by atoms with Crippen LogP contribution in [0.4, 0.5) is 11.8 Å². The molecule has 0 aromatic carbocycles. The summed E-state index contributed by atoms with van der Waals surface area (Å²) < 4.78 is 0. The van der Waals surface area contributed by atoms with Crippen molar-refractivity contribution in [1.29, 1.82) is 0 Å². The van der Waals surface area contributed by atoms with Crippen molar-refractivity contribution < 1.29 is 0 Å². The Morgan fingerprint density at radius 3 is 3.11 bits per heavy atom. The van der Waals surface area contributed by atoms with E-state index in [4.69, 9.17) is 0 Å². The summed E-state index contributed by atoms with van der Waals surface area (Å²) in [6.07, 6.45) is 4.26. The average Bonchev–Trinajstić information content (AvgIpc) is 2.66. The molecule has 1 N–H and O–H groups in total. The first-order chi connectivity index (χ1) is 8.81. The van der Waals surface area contributed by atoms with Crippen molar-refractivity contribution in [3.63, 3.8) is 0 Å². The number of anilines is 2. The molecule has 1 aliphatic rings. The summed E-state index contributed by atoms with van der Waals surface area (Å²) in [6, 6.07) is 0. The zero-order chi connectivity index (χ0) is 12.8. The van der Waals surface area contributed by atoms with Crippen LogP contribution in [-0.4, -0.2) is 41.1 Å². The Bertz CT molecular complexity index is 375. The van der Waals surface area contributed by atoms with Crippen LogP contribution in [0, 0.1) is 6.92 Å². The Morgan fingerprint density at radius 2 is 2.28 bits per heavy atom. The molecule has 5 heteroatoms. The first-order valence-corrected chi connectivity index (χ1v) is 7.87. The fourth-order valence-electron chi connectivity index (χ4n) is 2.03. The van der Waals surface area contributed by atoms with Crippen molar-refractivity contribution >= 4 is 23.5 Å². The molecule has 0 amide bonds. The summed E-state index contributed by atoms with van der Waals surface area (Å²) in [6.45, 7) is 7.37. The van der Waals surface area contributed by atoms with Crippen LogP contribution in [-0.2, 0) is 0 Å². The van der Waals surface area contributed by atoms with Crippen LogP contribution in [0.25, 0.3) is 0 Å². The molecule has 0 aliphatic carbocycles. The van der Waals surface area contributed by atoms with E-state index in [0.717, 1.165) is 37.8 Å². The summed E-state index contributed by atoms with van der Waals surface area (Å²) in [4.78, 5) is 11.4. The van der Waals surface area contributed by atoms with Gasteiger partial charge < -0.3 is 10.2 Å². The van der Waals surface area contributed by atoms with E-state index < -0.39 is 0 Å². The van der Waals surface area contributed by atoms with E-state index in [0.29, 0.717) is 0 Å². The summed E-state index contributed by atoms with van der Waals surface area (Å²) >= 11 is 2.04. The van der Waals surface area contributed by atoms with E-state index in [2.05, 4.69) is 34.0 Å². The van der Waals surface area contributed by atoms with Crippen LogP contribution in [0.2, 0.25) is 0 Å². The molecular formula is C13H22N4S. The van der Waals surface area contributed by atoms with Gasteiger partial charge in [-0.1, -0.05) is 6.92 Å². The predicted octanol–water partition coefficient (Wildman–Crippen LogP) is 2.55. The molecule has 1 saturated heterocycles. The molecule has 4 nitrogen and oxygen atoms in total. The topological polar surface area (TPSA) is 41.1 Å². The zero-order valence-corrected chi connectivity index (χ0v) is 12.1. The number of aromatic nitrogens is 2. The standard InChI is InChI=1S/C13H22N4S/c1-3-5-14-13-15-10-11(2)12(16-13)17-6-4-8-18-9-7-17/h10H,3-9H2,1-2H3,(H,14,15,16). The Labute approximate surface area is 114 Å². The molecule has 1 aromatic heterocycles. The Hall–Kier alpha value is -0.970. The molecule has 18 heavy (non-hydrogen) atoms.